The first-order chi connectivity index (χ1) is 8.74. The van der Waals surface area contributed by atoms with Crippen LogP contribution in [-0.2, 0) is 6.42 Å². The Morgan fingerprint density at radius 1 is 1.06 bits per heavy atom. The lowest BCUT2D eigenvalue weighted by molar-refractivity contribution is 0.678. The number of benzene rings is 1. The van der Waals surface area contributed by atoms with Gasteiger partial charge in [0.1, 0.15) is 0 Å². The maximum atomic E-state index is 3.40. The van der Waals surface area contributed by atoms with Crippen LogP contribution in [-0.4, -0.2) is 13.1 Å². The Kier molecular flexibility index (Phi) is 7.43. The largest absolute Gasteiger partial charge is 0.316 e. The van der Waals surface area contributed by atoms with Gasteiger partial charge in [0.2, 0.25) is 0 Å². The third kappa shape index (κ3) is 6.02. The number of hydrogen-bond acceptors (Lipinski definition) is 1. The first kappa shape index (κ1) is 15.0. The zero-order valence-electron chi connectivity index (χ0n) is 12.1. The summed E-state index contributed by atoms with van der Waals surface area (Å²) >= 11 is 0. The molecule has 100 valence electrons. The third-order valence-corrected chi connectivity index (χ3v) is 3.08. The van der Waals surface area contributed by atoms with Crippen molar-refractivity contribution in [2.24, 2.45) is 0 Å². The summed E-state index contributed by atoms with van der Waals surface area (Å²) in [5, 5.41) is 3.40. The van der Waals surface area contributed by atoms with Crippen LogP contribution in [0.1, 0.15) is 50.7 Å². The van der Waals surface area contributed by atoms with E-state index in [1.165, 1.54) is 17.5 Å². The molecule has 0 spiro atoms. The lowest BCUT2D eigenvalue weighted by Crippen LogP contribution is -2.14. The minimum absolute atomic E-state index is 0.624. The van der Waals surface area contributed by atoms with Crippen molar-refractivity contribution in [2.75, 3.05) is 13.1 Å². The molecule has 0 amide bonds. The summed E-state index contributed by atoms with van der Waals surface area (Å²) in [5.41, 5.74) is 2.82. The second kappa shape index (κ2) is 8.93. The molecular formula is C17H27N. The van der Waals surface area contributed by atoms with Gasteiger partial charge in [0.25, 0.3) is 0 Å². The monoisotopic (exact) mass is 245 g/mol. The van der Waals surface area contributed by atoms with Crippen molar-refractivity contribution in [1.82, 2.24) is 5.32 Å². The van der Waals surface area contributed by atoms with Crippen LogP contribution in [0.5, 0.6) is 0 Å². The summed E-state index contributed by atoms with van der Waals surface area (Å²) in [7, 11) is 0. The molecule has 1 aromatic carbocycles. The smallest absolute Gasteiger partial charge is 0.00143 e. The maximum absolute atomic E-state index is 3.40. The van der Waals surface area contributed by atoms with Gasteiger partial charge in [-0.25, -0.2) is 0 Å². The molecule has 1 aromatic rings. The molecule has 0 atom stereocenters. The molecule has 1 heteroatoms. The molecule has 0 heterocycles. The van der Waals surface area contributed by atoms with Crippen molar-refractivity contribution in [3.05, 3.63) is 47.5 Å². The molecule has 0 bridgehead atoms. The molecule has 18 heavy (non-hydrogen) atoms. The van der Waals surface area contributed by atoms with Gasteiger partial charge < -0.3 is 5.32 Å². The van der Waals surface area contributed by atoms with Crippen molar-refractivity contribution >= 4 is 0 Å². The van der Waals surface area contributed by atoms with Gasteiger partial charge >= 0.3 is 0 Å². The van der Waals surface area contributed by atoms with Crippen molar-refractivity contribution in [1.29, 1.82) is 0 Å². The van der Waals surface area contributed by atoms with Gasteiger partial charge in [0.15, 0.2) is 0 Å². The quantitative estimate of drug-likeness (QED) is 0.532. The lowest BCUT2D eigenvalue weighted by Gasteiger charge is -2.05. The van der Waals surface area contributed by atoms with Gasteiger partial charge in [-0.3, -0.25) is 0 Å². The molecule has 0 saturated carbocycles. The molecule has 0 aromatic heterocycles. The van der Waals surface area contributed by atoms with E-state index in [1.54, 1.807) is 0 Å². The van der Waals surface area contributed by atoms with Gasteiger partial charge in [0.05, 0.1) is 0 Å². The maximum Gasteiger partial charge on any atom is -0.00143 e. The Labute approximate surface area is 112 Å². The highest BCUT2D eigenvalue weighted by Gasteiger charge is 1.97. The highest BCUT2D eigenvalue weighted by molar-refractivity contribution is 5.25. The minimum atomic E-state index is 0.624. The molecule has 1 rings (SSSR count). The van der Waals surface area contributed by atoms with Crippen LogP contribution >= 0.6 is 0 Å². The molecule has 0 unspecified atom stereocenters. The SMILES string of the molecule is CCCNCCC=CCc1ccc(C(C)C)cc1. The van der Waals surface area contributed by atoms with Crippen molar-refractivity contribution in [3.63, 3.8) is 0 Å². The average Bonchev–Trinajstić information content (AvgIpc) is 2.38. The van der Waals surface area contributed by atoms with E-state index in [4.69, 9.17) is 0 Å². The summed E-state index contributed by atoms with van der Waals surface area (Å²) < 4.78 is 0. The summed E-state index contributed by atoms with van der Waals surface area (Å²) in [6.45, 7) is 8.89. The lowest BCUT2D eigenvalue weighted by atomic mass is 10.0. The molecule has 0 aliphatic carbocycles. The van der Waals surface area contributed by atoms with Crippen LogP contribution in [0, 0.1) is 0 Å². The third-order valence-electron chi connectivity index (χ3n) is 3.08. The number of allylic oxidation sites excluding steroid dienone is 1. The van der Waals surface area contributed by atoms with Gasteiger partial charge in [-0.1, -0.05) is 57.2 Å². The number of rotatable bonds is 8. The van der Waals surface area contributed by atoms with E-state index in [2.05, 4.69) is 62.5 Å². The zero-order valence-corrected chi connectivity index (χ0v) is 12.1. The minimum Gasteiger partial charge on any atom is -0.316 e. The molecule has 1 nitrogen and oxygen atoms in total. The second-order valence-electron chi connectivity index (χ2n) is 5.11. The van der Waals surface area contributed by atoms with E-state index in [0.29, 0.717) is 5.92 Å². The summed E-state index contributed by atoms with van der Waals surface area (Å²) in [6.07, 6.45) is 7.94. The highest BCUT2D eigenvalue weighted by Crippen LogP contribution is 2.14. The summed E-state index contributed by atoms with van der Waals surface area (Å²) in [4.78, 5) is 0. The van der Waals surface area contributed by atoms with E-state index in [9.17, 15) is 0 Å². The van der Waals surface area contributed by atoms with Gasteiger partial charge in [-0.15, -0.1) is 0 Å². The van der Waals surface area contributed by atoms with Crippen LogP contribution in [0.4, 0.5) is 0 Å². The first-order valence-corrected chi connectivity index (χ1v) is 7.18. The Morgan fingerprint density at radius 2 is 1.78 bits per heavy atom. The molecule has 0 radical (unpaired) electrons. The number of nitrogens with one attached hydrogen (secondary N) is 1. The summed E-state index contributed by atoms with van der Waals surface area (Å²) in [6, 6.07) is 8.98. The van der Waals surface area contributed by atoms with E-state index >= 15 is 0 Å². The topological polar surface area (TPSA) is 12.0 Å². The van der Waals surface area contributed by atoms with Crippen LogP contribution in [0.2, 0.25) is 0 Å². The Bertz CT molecular complexity index is 335. The van der Waals surface area contributed by atoms with Crippen molar-refractivity contribution < 1.29 is 0 Å². The fourth-order valence-corrected chi connectivity index (χ4v) is 1.86. The van der Waals surface area contributed by atoms with E-state index in [-0.39, 0.29) is 0 Å². The van der Waals surface area contributed by atoms with Crippen LogP contribution in [0.25, 0.3) is 0 Å². The molecular weight excluding hydrogens is 218 g/mol. The van der Waals surface area contributed by atoms with Crippen LogP contribution < -0.4 is 5.32 Å². The molecule has 0 saturated heterocycles. The zero-order chi connectivity index (χ0) is 13.2. The van der Waals surface area contributed by atoms with Gasteiger partial charge in [0, 0.05) is 0 Å². The van der Waals surface area contributed by atoms with E-state index < -0.39 is 0 Å². The predicted octanol–water partition coefficient (Wildman–Crippen LogP) is 4.30. The predicted molar refractivity (Wildman–Crippen MR) is 81.2 cm³/mol. The molecule has 0 fully saturated rings. The Hall–Kier alpha value is -1.08. The van der Waals surface area contributed by atoms with Crippen molar-refractivity contribution in [2.45, 2.75) is 46.0 Å². The summed E-state index contributed by atoms with van der Waals surface area (Å²) in [5.74, 6) is 0.624. The first-order valence-electron chi connectivity index (χ1n) is 7.18. The normalized spacial score (nSPS) is 11.6. The van der Waals surface area contributed by atoms with E-state index in [0.717, 1.165) is 25.9 Å². The van der Waals surface area contributed by atoms with Gasteiger partial charge in [-0.05, 0) is 49.4 Å². The molecule has 1 N–H and O–H groups in total. The second-order valence-corrected chi connectivity index (χ2v) is 5.11. The fraction of sp³-hybridized carbons (Fsp3) is 0.529. The molecule has 0 aliphatic rings. The van der Waals surface area contributed by atoms with E-state index in [1.807, 2.05) is 0 Å². The van der Waals surface area contributed by atoms with Gasteiger partial charge in [-0.2, -0.15) is 0 Å². The standard InChI is InChI=1S/C17H27N/c1-4-13-18-14-7-5-6-8-16-9-11-17(12-10-16)15(2)3/h5-6,9-12,15,18H,4,7-8,13-14H2,1-3H3. The average molecular weight is 245 g/mol. The molecule has 0 aliphatic heterocycles. The fourth-order valence-electron chi connectivity index (χ4n) is 1.86. The van der Waals surface area contributed by atoms with Crippen LogP contribution in [0.15, 0.2) is 36.4 Å². The Balaban J connectivity index is 2.24. The highest BCUT2D eigenvalue weighted by atomic mass is 14.8. The van der Waals surface area contributed by atoms with Crippen LogP contribution in [0.3, 0.4) is 0 Å². The Morgan fingerprint density at radius 3 is 2.39 bits per heavy atom. The number of hydrogen-bond donors (Lipinski definition) is 1. The van der Waals surface area contributed by atoms with Crippen molar-refractivity contribution in [3.8, 4) is 0 Å².